The van der Waals surface area contributed by atoms with Crippen molar-refractivity contribution >= 4 is 21.3 Å². The minimum absolute atomic E-state index is 1.73. The number of aliphatic carboxylic acids is 1. The van der Waals surface area contributed by atoms with E-state index in [1.54, 1.807) is 0 Å². The molecular formula is C3H5NO6S. The van der Waals surface area contributed by atoms with Crippen molar-refractivity contribution in [3.05, 3.63) is 0 Å². The summed E-state index contributed by atoms with van der Waals surface area (Å²) in [6.07, 6.45) is 0. The molecule has 8 heteroatoms. The molecule has 64 valence electrons. The third-order valence-corrected chi connectivity index (χ3v) is 1.44. The predicted molar refractivity (Wildman–Crippen MR) is 33.3 cm³/mol. The summed E-state index contributed by atoms with van der Waals surface area (Å²) in [5.41, 5.74) is 1.24. The van der Waals surface area contributed by atoms with Crippen molar-refractivity contribution in [2.75, 3.05) is 0 Å². The van der Waals surface area contributed by atoms with Crippen LogP contribution in [0.3, 0.4) is 0 Å². The molecule has 0 aliphatic heterocycles. The van der Waals surface area contributed by atoms with Gasteiger partial charge in [-0.1, -0.05) is 0 Å². The fraction of sp³-hybridized carbons (Fsp3) is 0.333. The summed E-state index contributed by atoms with van der Waals surface area (Å²) in [5.74, 6) is -2.06. The monoisotopic (exact) mass is 183 g/mol. The van der Waals surface area contributed by atoms with Gasteiger partial charge in [-0.15, -0.1) is 0 Å². The van der Waals surface area contributed by atoms with E-state index < -0.39 is 27.0 Å². The van der Waals surface area contributed by atoms with Crippen molar-refractivity contribution in [1.82, 2.24) is 0 Å². The van der Waals surface area contributed by atoms with E-state index in [1.165, 1.54) is 0 Å². The molecule has 0 amide bonds. The summed E-state index contributed by atoms with van der Waals surface area (Å²) >= 11 is 0. The zero-order chi connectivity index (χ0) is 9.23. The molecular weight excluding hydrogens is 178 g/mol. The number of hydrogen-bond donors (Lipinski definition) is 4. The van der Waals surface area contributed by atoms with Gasteiger partial charge >= 0.3 is 5.97 Å². The smallest absolute Gasteiger partial charge is 0.359 e. The highest BCUT2D eigenvalue weighted by Gasteiger charge is 2.38. The van der Waals surface area contributed by atoms with E-state index in [0.717, 1.165) is 0 Å². The van der Waals surface area contributed by atoms with Gasteiger partial charge in [0.2, 0.25) is 15.3 Å². The Hall–Kier alpha value is -0.960. The summed E-state index contributed by atoms with van der Waals surface area (Å²) < 4.78 is 19.7. The molecule has 0 heterocycles. The van der Waals surface area contributed by atoms with Crippen molar-refractivity contribution in [1.29, 1.82) is 0 Å². The molecule has 0 saturated heterocycles. The van der Waals surface area contributed by atoms with E-state index in [0.29, 0.717) is 0 Å². The molecule has 1 atom stereocenters. The van der Waals surface area contributed by atoms with Gasteiger partial charge in [-0.05, 0) is 0 Å². The Kier molecular flexibility index (Phi) is 2.71. The van der Waals surface area contributed by atoms with Gasteiger partial charge in [-0.3, -0.25) is 5.73 Å². The molecule has 0 aliphatic carbocycles. The van der Waals surface area contributed by atoms with Crippen LogP contribution in [0.5, 0.6) is 0 Å². The van der Waals surface area contributed by atoms with Gasteiger partial charge in [0.15, 0.2) is 0 Å². The van der Waals surface area contributed by atoms with Crippen LogP contribution in [0.15, 0.2) is 0 Å². The zero-order valence-electron chi connectivity index (χ0n) is 5.05. The lowest BCUT2D eigenvalue weighted by Gasteiger charge is -2.12. The summed E-state index contributed by atoms with van der Waals surface area (Å²) in [6, 6.07) is 0. The van der Waals surface area contributed by atoms with Crippen LogP contribution in [-0.4, -0.2) is 40.5 Å². The minimum Gasteiger partial charge on any atom is -0.478 e. The molecule has 0 rings (SSSR count). The Bertz CT molecular complexity index is 292. The summed E-state index contributed by atoms with van der Waals surface area (Å²) in [4.78, 5) is 9.94. The number of hydrogen-bond acceptors (Lipinski definition) is 5. The number of carboxylic acid groups (broad SMARTS) is 1. The Morgan fingerprint density at radius 3 is 1.82 bits per heavy atom. The summed E-state index contributed by atoms with van der Waals surface area (Å²) in [7, 11) is -3.23. The van der Waals surface area contributed by atoms with Crippen LogP contribution in [0.25, 0.3) is 0 Å². The second kappa shape index (κ2) is 2.96. The number of nitrogens with two attached hydrogens (primary N) is 1. The van der Waals surface area contributed by atoms with Gasteiger partial charge in [0.1, 0.15) is 0 Å². The first-order chi connectivity index (χ1) is 4.80. The maximum absolute atomic E-state index is 9.94. The molecule has 0 spiro atoms. The van der Waals surface area contributed by atoms with Crippen LogP contribution < -0.4 is 5.73 Å². The van der Waals surface area contributed by atoms with Gasteiger partial charge in [0.05, 0.1) is 0 Å². The van der Waals surface area contributed by atoms with Crippen LogP contribution in [-0.2, 0) is 15.1 Å². The molecule has 0 aromatic rings. The van der Waals surface area contributed by atoms with Crippen LogP contribution in [0.1, 0.15) is 0 Å². The Morgan fingerprint density at radius 1 is 1.36 bits per heavy atom. The molecule has 11 heavy (non-hydrogen) atoms. The molecule has 7 nitrogen and oxygen atoms in total. The molecule has 5 N–H and O–H groups in total. The molecule has 0 fully saturated rings. The van der Waals surface area contributed by atoms with Gasteiger partial charge in [0.25, 0.3) is 5.72 Å². The fourth-order valence-electron chi connectivity index (χ4n) is 0.219. The highest BCUT2D eigenvalue weighted by Crippen LogP contribution is 1.94. The highest BCUT2D eigenvalue weighted by atomic mass is 32.2. The van der Waals surface area contributed by atoms with Crippen LogP contribution in [0, 0.1) is 0 Å². The highest BCUT2D eigenvalue weighted by molar-refractivity contribution is 7.72. The summed E-state index contributed by atoms with van der Waals surface area (Å²) in [6.45, 7) is 0. The first-order valence-electron chi connectivity index (χ1n) is 2.20. The molecule has 0 aromatic heterocycles. The lowest BCUT2D eigenvalue weighted by Crippen LogP contribution is -2.55. The third-order valence-electron chi connectivity index (χ3n) is 0.810. The topological polar surface area (TPSA) is 138 Å². The molecule has 0 bridgehead atoms. The quantitative estimate of drug-likeness (QED) is 0.269. The van der Waals surface area contributed by atoms with E-state index in [2.05, 4.69) is 5.73 Å². The number of carbonyl (C=O) groups is 1. The van der Waals surface area contributed by atoms with Crippen molar-refractivity contribution < 1.29 is 28.5 Å². The maximum atomic E-state index is 9.94. The van der Waals surface area contributed by atoms with Gasteiger partial charge in [-0.2, -0.15) is 8.42 Å². The Labute approximate surface area is 62.2 Å². The number of rotatable bonds is 2. The minimum atomic E-state index is -3.24. The number of carboxylic acids is 1. The van der Waals surface area contributed by atoms with Gasteiger partial charge < -0.3 is 15.3 Å². The largest absolute Gasteiger partial charge is 0.478 e. The Balaban J connectivity index is 5.19. The molecule has 0 radical (unpaired) electrons. The average molecular weight is 183 g/mol. The SMILES string of the molecule is NC(O)(C(=O)O)C(O)=S(=O)=O. The van der Waals surface area contributed by atoms with Crippen LogP contribution in [0.2, 0.25) is 0 Å². The molecule has 1 unspecified atom stereocenters. The lowest BCUT2D eigenvalue weighted by atomic mass is 10.3. The van der Waals surface area contributed by atoms with E-state index in [1.807, 2.05) is 0 Å². The van der Waals surface area contributed by atoms with Crippen LogP contribution in [0.4, 0.5) is 0 Å². The van der Waals surface area contributed by atoms with Crippen molar-refractivity contribution in [3.8, 4) is 0 Å². The molecule has 0 aromatic carbocycles. The van der Waals surface area contributed by atoms with Gasteiger partial charge in [0, 0.05) is 0 Å². The second-order valence-electron chi connectivity index (χ2n) is 1.61. The standard InChI is InChI=1S/C3H5NO6S/c4-3(8,1(5)6)2(7)11(9)10/h7-8H,4H2,(H,5,6). The predicted octanol–water partition coefficient (Wildman–Crippen LogP) is -2.71. The van der Waals surface area contributed by atoms with E-state index in [9.17, 15) is 13.2 Å². The second-order valence-corrected chi connectivity index (χ2v) is 2.47. The molecule has 0 saturated carbocycles. The Morgan fingerprint density at radius 2 is 1.73 bits per heavy atom. The maximum Gasteiger partial charge on any atom is 0.359 e. The third kappa shape index (κ3) is 1.98. The first-order valence-corrected chi connectivity index (χ1v) is 3.28. The van der Waals surface area contributed by atoms with E-state index in [-0.39, 0.29) is 0 Å². The number of aliphatic hydroxyl groups is 2. The van der Waals surface area contributed by atoms with Crippen LogP contribution >= 0.6 is 0 Å². The normalized spacial score (nSPS) is 15.2. The van der Waals surface area contributed by atoms with Crippen molar-refractivity contribution in [2.24, 2.45) is 5.73 Å². The van der Waals surface area contributed by atoms with Gasteiger partial charge in [-0.25, -0.2) is 4.79 Å². The molecule has 0 aliphatic rings. The van der Waals surface area contributed by atoms with E-state index >= 15 is 0 Å². The van der Waals surface area contributed by atoms with Crippen molar-refractivity contribution in [3.63, 3.8) is 0 Å². The number of aliphatic hydroxyl groups excluding tert-OH is 1. The fourth-order valence-corrected chi connectivity index (χ4v) is 0.560. The average Bonchev–Trinajstić information content (AvgIpc) is 1.85. The van der Waals surface area contributed by atoms with Crippen molar-refractivity contribution in [2.45, 2.75) is 5.72 Å². The zero-order valence-corrected chi connectivity index (χ0v) is 5.87. The summed E-state index contributed by atoms with van der Waals surface area (Å²) in [5, 5.41) is 23.2. The first kappa shape index (κ1) is 10.0. The van der Waals surface area contributed by atoms with E-state index in [4.69, 9.17) is 15.3 Å². The lowest BCUT2D eigenvalue weighted by molar-refractivity contribution is -0.151.